The third-order valence-electron chi connectivity index (χ3n) is 2.00. The topological polar surface area (TPSA) is 60.3 Å². The summed E-state index contributed by atoms with van der Waals surface area (Å²) in [6.07, 6.45) is 3.40. The lowest BCUT2D eigenvalue weighted by molar-refractivity contribution is 1.13. The molecule has 86 valence electrons. The van der Waals surface area contributed by atoms with Gasteiger partial charge in [0.1, 0.15) is 0 Å². The van der Waals surface area contributed by atoms with Crippen molar-refractivity contribution in [1.29, 1.82) is 0 Å². The molecular weight excluding hydrogens is 252 g/mol. The largest absolute Gasteiger partial charge is 0.337 e. The number of hydrogen-bond acceptors (Lipinski definition) is 3. The molecular formula is C11H10N4S2. The van der Waals surface area contributed by atoms with Crippen LogP contribution in [0.25, 0.3) is 11.0 Å². The third kappa shape index (κ3) is 3.33. The average molecular weight is 262 g/mol. The van der Waals surface area contributed by atoms with Crippen molar-refractivity contribution < 1.29 is 0 Å². The molecule has 0 saturated carbocycles. The Morgan fingerprint density at radius 2 is 1.59 bits per heavy atom. The fourth-order valence-electron chi connectivity index (χ4n) is 1.29. The van der Waals surface area contributed by atoms with Crippen LogP contribution in [-0.4, -0.2) is 19.9 Å². The van der Waals surface area contributed by atoms with Gasteiger partial charge in [0.2, 0.25) is 0 Å². The van der Waals surface area contributed by atoms with Gasteiger partial charge < -0.3 is 15.0 Å². The smallest absolute Gasteiger partial charge is 0.196 e. The van der Waals surface area contributed by atoms with E-state index in [9.17, 15) is 0 Å². The Bertz CT molecular complexity index is 657. The first-order valence-electron chi connectivity index (χ1n) is 4.92. The predicted molar refractivity (Wildman–Crippen MR) is 72.9 cm³/mol. The van der Waals surface area contributed by atoms with Crippen molar-refractivity contribution in [3.8, 4) is 0 Å². The summed E-state index contributed by atoms with van der Waals surface area (Å²) in [4.78, 5) is 12.5. The lowest BCUT2D eigenvalue weighted by Gasteiger charge is -1.82. The average Bonchev–Trinajstić information content (AvgIpc) is 2.71. The van der Waals surface area contributed by atoms with Gasteiger partial charge in [-0.15, -0.1) is 0 Å². The summed E-state index contributed by atoms with van der Waals surface area (Å²) in [5.74, 6) is 0. The molecule has 3 aromatic rings. The molecule has 0 aliphatic heterocycles. The highest BCUT2D eigenvalue weighted by molar-refractivity contribution is 7.71. The van der Waals surface area contributed by atoms with E-state index in [1.807, 2.05) is 24.3 Å². The summed E-state index contributed by atoms with van der Waals surface area (Å²) in [5, 5.41) is 0. The molecule has 6 heteroatoms. The highest BCUT2D eigenvalue weighted by Gasteiger charge is 1.90. The minimum absolute atomic E-state index is 0.530. The third-order valence-corrected chi connectivity index (χ3v) is 2.43. The molecule has 0 radical (unpaired) electrons. The lowest BCUT2D eigenvalue weighted by Crippen LogP contribution is -1.72. The highest BCUT2D eigenvalue weighted by atomic mass is 32.1. The van der Waals surface area contributed by atoms with Crippen LogP contribution in [0.4, 0.5) is 0 Å². The van der Waals surface area contributed by atoms with Crippen LogP contribution in [0.5, 0.6) is 0 Å². The van der Waals surface area contributed by atoms with E-state index in [-0.39, 0.29) is 0 Å². The molecule has 0 spiro atoms. The van der Waals surface area contributed by atoms with Crippen LogP contribution in [0.2, 0.25) is 0 Å². The summed E-state index contributed by atoms with van der Waals surface area (Å²) in [6, 6.07) is 9.71. The SMILES string of the molecule is S=c1[nH]c2ccccc2[nH]1.S=c1nccc[nH]1. The molecule has 0 unspecified atom stereocenters. The number of hydrogen-bond donors (Lipinski definition) is 3. The van der Waals surface area contributed by atoms with Gasteiger partial charge in [-0.05, 0) is 42.6 Å². The van der Waals surface area contributed by atoms with E-state index in [1.165, 1.54) is 0 Å². The monoisotopic (exact) mass is 262 g/mol. The fourth-order valence-corrected chi connectivity index (χ4v) is 1.64. The standard InChI is InChI=1S/C7H6N2S.C4H4N2S/c10-7-8-5-3-1-2-4-6(5)9-7;7-4-5-2-1-3-6-4/h1-4H,(H2,8,9,10);1-3H,(H,5,6,7). The number of imidazole rings is 1. The second-order valence-electron chi connectivity index (χ2n) is 3.21. The second kappa shape index (κ2) is 5.51. The molecule has 4 nitrogen and oxygen atoms in total. The van der Waals surface area contributed by atoms with Crippen LogP contribution in [0.3, 0.4) is 0 Å². The van der Waals surface area contributed by atoms with E-state index in [1.54, 1.807) is 18.5 Å². The number of nitrogens with zero attached hydrogens (tertiary/aromatic N) is 1. The van der Waals surface area contributed by atoms with Gasteiger partial charge >= 0.3 is 0 Å². The number of rotatable bonds is 0. The van der Waals surface area contributed by atoms with Crippen LogP contribution < -0.4 is 0 Å². The number of aromatic amines is 3. The molecule has 1 aromatic carbocycles. The first-order chi connectivity index (χ1) is 8.25. The van der Waals surface area contributed by atoms with E-state index in [0.717, 1.165) is 11.0 Å². The lowest BCUT2D eigenvalue weighted by atomic mass is 10.3. The number of fused-ring (bicyclic) bond motifs is 1. The van der Waals surface area contributed by atoms with E-state index >= 15 is 0 Å². The van der Waals surface area contributed by atoms with Crippen LogP contribution >= 0.6 is 24.4 Å². The van der Waals surface area contributed by atoms with Crippen molar-refractivity contribution in [3.05, 3.63) is 52.3 Å². The maximum absolute atomic E-state index is 4.90. The molecule has 2 aromatic heterocycles. The minimum Gasteiger partial charge on any atom is -0.337 e. The fraction of sp³-hybridized carbons (Fsp3) is 0. The molecule has 17 heavy (non-hydrogen) atoms. The van der Waals surface area contributed by atoms with E-state index in [2.05, 4.69) is 32.2 Å². The number of para-hydroxylation sites is 2. The predicted octanol–water partition coefficient (Wildman–Crippen LogP) is 3.36. The highest BCUT2D eigenvalue weighted by Crippen LogP contribution is 2.06. The van der Waals surface area contributed by atoms with Gasteiger partial charge in [-0.3, -0.25) is 0 Å². The van der Waals surface area contributed by atoms with Crippen molar-refractivity contribution in [1.82, 2.24) is 19.9 Å². The quantitative estimate of drug-likeness (QED) is 0.544. The Balaban J connectivity index is 0.000000136. The van der Waals surface area contributed by atoms with Gasteiger partial charge in [0.25, 0.3) is 0 Å². The van der Waals surface area contributed by atoms with E-state index in [4.69, 9.17) is 12.2 Å². The van der Waals surface area contributed by atoms with Crippen LogP contribution in [0.15, 0.2) is 42.7 Å². The van der Waals surface area contributed by atoms with Crippen molar-refractivity contribution in [2.75, 3.05) is 0 Å². The summed E-state index contributed by atoms with van der Waals surface area (Å²) < 4.78 is 1.21. The maximum Gasteiger partial charge on any atom is 0.196 e. The molecule has 0 amide bonds. The van der Waals surface area contributed by atoms with Crippen molar-refractivity contribution in [3.63, 3.8) is 0 Å². The Morgan fingerprint density at radius 1 is 0.941 bits per heavy atom. The minimum atomic E-state index is 0.530. The van der Waals surface area contributed by atoms with Gasteiger partial charge in [0.15, 0.2) is 9.54 Å². The molecule has 0 bridgehead atoms. The zero-order valence-corrected chi connectivity index (χ0v) is 10.4. The summed E-state index contributed by atoms with van der Waals surface area (Å²) in [5.41, 5.74) is 2.13. The molecule has 0 saturated heterocycles. The van der Waals surface area contributed by atoms with Crippen LogP contribution in [0.1, 0.15) is 0 Å². The second-order valence-corrected chi connectivity index (χ2v) is 4.01. The van der Waals surface area contributed by atoms with Crippen molar-refractivity contribution >= 4 is 35.5 Å². The van der Waals surface area contributed by atoms with Crippen molar-refractivity contribution in [2.24, 2.45) is 0 Å². The molecule has 3 N–H and O–H groups in total. The molecule has 2 heterocycles. The first kappa shape index (κ1) is 11.7. The molecule has 0 aliphatic carbocycles. The summed E-state index contributed by atoms with van der Waals surface area (Å²) in [7, 11) is 0. The number of benzene rings is 1. The van der Waals surface area contributed by atoms with E-state index < -0.39 is 0 Å². The van der Waals surface area contributed by atoms with Gasteiger partial charge in [0.05, 0.1) is 11.0 Å². The Labute approximate surface area is 108 Å². The molecule has 0 fully saturated rings. The van der Waals surface area contributed by atoms with Crippen LogP contribution in [0, 0.1) is 9.54 Å². The Kier molecular flexibility index (Phi) is 3.79. The molecule has 0 atom stereocenters. The molecule has 3 rings (SSSR count). The Morgan fingerprint density at radius 3 is 2.00 bits per heavy atom. The van der Waals surface area contributed by atoms with E-state index in [0.29, 0.717) is 9.54 Å². The van der Waals surface area contributed by atoms with Crippen LogP contribution in [-0.2, 0) is 0 Å². The summed E-state index contributed by atoms with van der Waals surface area (Å²) >= 11 is 9.55. The zero-order chi connectivity index (χ0) is 12.1. The summed E-state index contributed by atoms with van der Waals surface area (Å²) in [6.45, 7) is 0. The zero-order valence-electron chi connectivity index (χ0n) is 8.81. The van der Waals surface area contributed by atoms with Gasteiger partial charge in [-0.1, -0.05) is 12.1 Å². The van der Waals surface area contributed by atoms with Gasteiger partial charge in [-0.25, -0.2) is 4.98 Å². The molecule has 0 aliphatic rings. The number of nitrogens with one attached hydrogen (secondary N) is 3. The number of H-pyrrole nitrogens is 3. The first-order valence-corrected chi connectivity index (χ1v) is 5.74. The van der Waals surface area contributed by atoms with Crippen molar-refractivity contribution in [2.45, 2.75) is 0 Å². The number of aromatic nitrogens is 4. The normalized spacial score (nSPS) is 9.65. The van der Waals surface area contributed by atoms with Gasteiger partial charge in [0, 0.05) is 12.4 Å². The van der Waals surface area contributed by atoms with Gasteiger partial charge in [-0.2, -0.15) is 0 Å². The Hall–Kier alpha value is -1.79. The maximum atomic E-state index is 4.90.